The minimum Gasteiger partial charge on any atom is -0.234 e. The summed E-state index contributed by atoms with van der Waals surface area (Å²) in [6.07, 6.45) is 47.9. The molecule has 2 heteroatoms. The first kappa shape index (κ1) is 37.2. The molecule has 0 bridgehead atoms. The summed E-state index contributed by atoms with van der Waals surface area (Å²) in [5.41, 5.74) is 0. The second kappa shape index (κ2) is 29.7. The van der Waals surface area contributed by atoms with E-state index in [4.69, 9.17) is 0 Å². The molecule has 1 heterocycles. The van der Waals surface area contributed by atoms with E-state index in [9.17, 15) is 0 Å². The van der Waals surface area contributed by atoms with Crippen LogP contribution in [-0.4, -0.2) is 4.57 Å². The Kier molecular flexibility index (Phi) is 27.6. The molecule has 0 aromatic carbocycles. The van der Waals surface area contributed by atoms with Crippen molar-refractivity contribution >= 4 is 0 Å². The van der Waals surface area contributed by atoms with Gasteiger partial charge >= 0.3 is 0 Å². The number of aryl methyl sites for hydroxylation is 2. The van der Waals surface area contributed by atoms with Crippen LogP contribution in [0.5, 0.6) is 0 Å². The zero-order valence-corrected chi connectivity index (χ0v) is 28.2. The molecule has 0 fully saturated rings. The van der Waals surface area contributed by atoms with Crippen molar-refractivity contribution in [1.29, 1.82) is 0 Å². The van der Waals surface area contributed by atoms with Crippen molar-refractivity contribution in [3.63, 3.8) is 0 Å². The summed E-state index contributed by atoms with van der Waals surface area (Å²) < 4.78 is 4.99. The normalized spacial score (nSPS) is 11.6. The minimum atomic E-state index is 1.20. The molecule has 0 radical (unpaired) electrons. The van der Waals surface area contributed by atoms with Gasteiger partial charge in [-0.25, -0.2) is 9.13 Å². The molecule has 0 aliphatic heterocycles. The van der Waals surface area contributed by atoms with Crippen LogP contribution in [-0.2, 0) is 13.1 Å². The summed E-state index contributed by atoms with van der Waals surface area (Å²) in [7, 11) is 0. The summed E-state index contributed by atoms with van der Waals surface area (Å²) in [5.74, 6) is 1.45. The molecule has 0 saturated heterocycles. The molecule has 40 heavy (non-hydrogen) atoms. The first-order valence-electron chi connectivity index (χ1n) is 18.8. The molecular formula is C38H75N2+. The Morgan fingerprint density at radius 1 is 0.425 bits per heavy atom. The van der Waals surface area contributed by atoms with Crippen molar-refractivity contribution in [2.24, 2.45) is 0 Å². The van der Waals surface area contributed by atoms with Crippen LogP contribution in [0.3, 0.4) is 0 Å². The zero-order valence-electron chi connectivity index (χ0n) is 28.2. The standard InChI is InChI=1S/C38H75N2/c1-4-6-8-10-12-14-16-18-20-21-23-25-27-29-31-33-35-40-37-36-39(38(40)3)34-32-30-28-26-24-22-19-17-15-13-11-9-7-5-2/h36-37H,4-35H2,1-3H3/q+1. The predicted octanol–water partition coefficient (Wildman–Crippen LogP) is 12.8. The first-order chi connectivity index (χ1) is 19.8. The predicted molar refractivity (Wildman–Crippen MR) is 179 cm³/mol. The Labute approximate surface area is 253 Å². The Morgan fingerprint density at radius 2 is 0.725 bits per heavy atom. The first-order valence-corrected chi connectivity index (χ1v) is 18.8. The Bertz CT molecular complexity index is 619. The number of rotatable bonds is 32. The van der Waals surface area contributed by atoms with E-state index in [1.165, 1.54) is 212 Å². The van der Waals surface area contributed by atoms with Crippen molar-refractivity contribution in [3.05, 3.63) is 18.2 Å². The van der Waals surface area contributed by atoms with Gasteiger partial charge in [0.05, 0.1) is 13.1 Å². The molecule has 0 amide bonds. The number of aromatic nitrogens is 2. The lowest BCUT2D eigenvalue weighted by Crippen LogP contribution is -2.35. The zero-order chi connectivity index (χ0) is 28.8. The highest BCUT2D eigenvalue weighted by molar-refractivity contribution is 4.79. The van der Waals surface area contributed by atoms with Crippen molar-refractivity contribution in [1.82, 2.24) is 4.57 Å². The lowest BCUT2D eigenvalue weighted by molar-refractivity contribution is -0.702. The van der Waals surface area contributed by atoms with Gasteiger partial charge in [-0.15, -0.1) is 0 Å². The van der Waals surface area contributed by atoms with E-state index in [2.05, 4.69) is 42.3 Å². The third kappa shape index (κ3) is 22.8. The van der Waals surface area contributed by atoms with Crippen molar-refractivity contribution in [3.8, 4) is 0 Å². The summed E-state index contributed by atoms with van der Waals surface area (Å²) >= 11 is 0. The third-order valence-electron chi connectivity index (χ3n) is 9.26. The average molecular weight is 560 g/mol. The summed E-state index contributed by atoms with van der Waals surface area (Å²) in [6.45, 7) is 9.34. The monoisotopic (exact) mass is 560 g/mol. The molecule has 0 N–H and O–H groups in total. The van der Waals surface area contributed by atoms with Gasteiger partial charge in [-0.2, -0.15) is 0 Å². The van der Waals surface area contributed by atoms with Crippen LogP contribution < -0.4 is 4.57 Å². The van der Waals surface area contributed by atoms with Gasteiger partial charge in [0, 0.05) is 6.92 Å². The van der Waals surface area contributed by atoms with E-state index in [-0.39, 0.29) is 0 Å². The molecule has 0 spiro atoms. The molecule has 236 valence electrons. The van der Waals surface area contributed by atoms with Crippen LogP contribution in [0.25, 0.3) is 0 Å². The maximum absolute atomic E-state index is 2.49. The highest BCUT2D eigenvalue weighted by Crippen LogP contribution is 2.15. The van der Waals surface area contributed by atoms with Crippen LogP contribution in [0.1, 0.15) is 212 Å². The van der Waals surface area contributed by atoms with Gasteiger partial charge in [0.2, 0.25) is 0 Å². The van der Waals surface area contributed by atoms with Crippen LogP contribution in [0, 0.1) is 6.92 Å². The van der Waals surface area contributed by atoms with E-state index < -0.39 is 0 Å². The maximum atomic E-state index is 2.49. The SMILES string of the molecule is CCCCCCCCCCCCCCCCCC[n+]1ccn(CCCCCCCCCCCCCCCC)c1C. The lowest BCUT2D eigenvalue weighted by atomic mass is 10.0. The maximum Gasteiger partial charge on any atom is 0.253 e. The third-order valence-corrected chi connectivity index (χ3v) is 9.26. The van der Waals surface area contributed by atoms with E-state index in [0.717, 1.165) is 0 Å². The highest BCUT2D eigenvalue weighted by atomic mass is 15.1. The fourth-order valence-electron chi connectivity index (χ4n) is 6.32. The lowest BCUT2D eigenvalue weighted by Gasteiger charge is -2.04. The molecule has 0 aliphatic carbocycles. The van der Waals surface area contributed by atoms with Crippen molar-refractivity contribution in [2.45, 2.75) is 226 Å². The Balaban J connectivity index is 1.86. The Morgan fingerprint density at radius 3 is 1.07 bits per heavy atom. The quantitative estimate of drug-likeness (QED) is 0.0613. The van der Waals surface area contributed by atoms with Gasteiger partial charge in [0.1, 0.15) is 12.4 Å². The van der Waals surface area contributed by atoms with Gasteiger partial charge in [-0.05, 0) is 25.7 Å². The summed E-state index contributed by atoms with van der Waals surface area (Å²) in [6, 6.07) is 0. The fraction of sp³-hybridized carbons (Fsp3) is 0.921. The Hall–Kier alpha value is -0.790. The smallest absolute Gasteiger partial charge is 0.234 e. The van der Waals surface area contributed by atoms with Crippen LogP contribution >= 0.6 is 0 Å². The van der Waals surface area contributed by atoms with Crippen LogP contribution in [0.4, 0.5) is 0 Å². The van der Waals surface area contributed by atoms with E-state index in [1.54, 1.807) is 0 Å². The molecule has 1 aromatic rings. The van der Waals surface area contributed by atoms with Crippen LogP contribution in [0.15, 0.2) is 12.4 Å². The van der Waals surface area contributed by atoms with Crippen molar-refractivity contribution < 1.29 is 4.57 Å². The molecule has 0 aliphatic rings. The molecule has 0 atom stereocenters. The average Bonchev–Trinajstić information content (AvgIpc) is 3.31. The fourth-order valence-corrected chi connectivity index (χ4v) is 6.32. The highest BCUT2D eigenvalue weighted by Gasteiger charge is 2.11. The molecule has 1 rings (SSSR count). The van der Waals surface area contributed by atoms with Gasteiger partial charge in [0.15, 0.2) is 0 Å². The summed E-state index contributed by atoms with van der Waals surface area (Å²) in [5, 5.41) is 0. The van der Waals surface area contributed by atoms with E-state index >= 15 is 0 Å². The molecule has 1 aromatic heterocycles. The number of imidazole rings is 1. The topological polar surface area (TPSA) is 8.81 Å². The largest absolute Gasteiger partial charge is 0.253 e. The number of unbranched alkanes of at least 4 members (excludes halogenated alkanes) is 28. The van der Waals surface area contributed by atoms with Crippen molar-refractivity contribution in [2.75, 3.05) is 0 Å². The van der Waals surface area contributed by atoms with Gasteiger partial charge in [0.25, 0.3) is 5.82 Å². The van der Waals surface area contributed by atoms with E-state index in [1.807, 2.05) is 0 Å². The number of hydrogen-bond donors (Lipinski definition) is 0. The van der Waals surface area contributed by atoms with E-state index in [0.29, 0.717) is 0 Å². The second-order valence-electron chi connectivity index (χ2n) is 13.1. The molecular weight excluding hydrogens is 484 g/mol. The number of hydrogen-bond acceptors (Lipinski definition) is 0. The number of nitrogens with zero attached hydrogens (tertiary/aromatic N) is 2. The molecule has 2 nitrogen and oxygen atoms in total. The molecule has 0 saturated carbocycles. The van der Waals surface area contributed by atoms with Gasteiger partial charge in [-0.3, -0.25) is 0 Å². The summed E-state index contributed by atoms with van der Waals surface area (Å²) in [4.78, 5) is 0. The van der Waals surface area contributed by atoms with Crippen LogP contribution in [0.2, 0.25) is 0 Å². The second-order valence-corrected chi connectivity index (χ2v) is 13.1. The molecule has 0 unspecified atom stereocenters. The van der Waals surface area contributed by atoms with Gasteiger partial charge < -0.3 is 0 Å². The minimum absolute atomic E-state index is 1.20. The van der Waals surface area contributed by atoms with Gasteiger partial charge in [-0.1, -0.05) is 181 Å².